The monoisotopic (exact) mass is 308 g/mol. The number of halogens is 3. The number of rotatable bonds is 3. The van der Waals surface area contributed by atoms with Crippen molar-refractivity contribution < 1.29 is 13.2 Å². The summed E-state index contributed by atoms with van der Waals surface area (Å²) in [7, 11) is 0. The van der Waals surface area contributed by atoms with Crippen molar-refractivity contribution in [2.45, 2.75) is 13.0 Å². The van der Waals surface area contributed by atoms with Gasteiger partial charge in [0, 0.05) is 17.8 Å². The molecular weight excluding hydrogens is 297 g/mol. The molecule has 6 heteroatoms. The minimum Gasteiger partial charge on any atom is -0.376 e. The Balaban J connectivity index is 1.87. The van der Waals surface area contributed by atoms with Crippen molar-refractivity contribution in [2.24, 2.45) is 0 Å². The lowest BCUT2D eigenvalue weighted by molar-refractivity contribution is 0.447. The normalized spacial score (nSPS) is 12.6. The average molecular weight is 308 g/mol. The molecule has 3 rings (SSSR count). The van der Waals surface area contributed by atoms with Crippen LogP contribution < -0.4 is 5.32 Å². The molecule has 0 fully saturated rings. The zero-order valence-electron chi connectivity index (χ0n) is 11.0. The molecule has 0 aliphatic rings. The molecule has 0 saturated carbocycles. The molecule has 1 N–H and O–H groups in total. The second-order valence-corrected chi connectivity index (χ2v) is 5.70. The first-order valence-corrected chi connectivity index (χ1v) is 7.13. The van der Waals surface area contributed by atoms with Crippen LogP contribution in [0.1, 0.15) is 18.0 Å². The molecule has 2 aromatic carbocycles. The van der Waals surface area contributed by atoms with Crippen LogP contribution >= 0.6 is 11.3 Å². The first-order valence-electron chi connectivity index (χ1n) is 6.31. The Hall–Kier alpha value is -2.08. The van der Waals surface area contributed by atoms with Gasteiger partial charge in [0.15, 0.2) is 17.5 Å². The van der Waals surface area contributed by atoms with Gasteiger partial charge in [0.2, 0.25) is 0 Å². The number of aromatic nitrogens is 1. The molecule has 0 amide bonds. The van der Waals surface area contributed by atoms with E-state index in [9.17, 15) is 13.2 Å². The van der Waals surface area contributed by atoms with Gasteiger partial charge in [-0.25, -0.2) is 18.2 Å². The highest BCUT2D eigenvalue weighted by molar-refractivity contribution is 7.18. The Kier molecular flexibility index (Phi) is 3.55. The van der Waals surface area contributed by atoms with E-state index < -0.39 is 17.5 Å². The third-order valence-electron chi connectivity index (χ3n) is 3.05. The summed E-state index contributed by atoms with van der Waals surface area (Å²) in [5.74, 6) is -3.89. The number of thiazole rings is 1. The number of hydrogen-bond donors (Lipinski definition) is 1. The number of nitrogens with one attached hydrogen (secondary N) is 1. The van der Waals surface area contributed by atoms with Crippen molar-refractivity contribution >= 4 is 27.2 Å². The molecule has 0 radical (unpaired) electrons. The van der Waals surface area contributed by atoms with Crippen LogP contribution in [0.2, 0.25) is 0 Å². The molecule has 0 aliphatic carbocycles. The maximum Gasteiger partial charge on any atom is 0.194 e. The minimum atomic E-state index is -1.46. The van der Waals surface area contributed by atoms with E-state index in [1.807, 2.05) is 31.2 Å². The molecule has 0 saturated heterocycles. The van der Waals surface area contributed by atoms with Crippen LogP contribution in [-0.2, 0) is 0 Å². The fourth-order valence-electron chi connectivity index (χ4n) is 2.03. The van der Waals surface area contributed by atoms with Gasteiger partial charge in [-0.15, -0.1) is 11.3 Å². The quantitative estimate of drug-likeness (QED) is 0.697. The molecule has 0 spiro atoms. The molecule has 1 aromatic heterocycles. The van der Waals surface area contributed by atoms with Crippen molar-refractivity contribution in [3.63, 3.8) is 0 Å². The standard InChI is InChI=1S/C15H11F3N2S/c1-8(15-20-12-4-2-3-5-13(12)21-15)19-9-6-10(16)14(18)11(17)7-9/h2-8,19H,1H3. The van der Waals surface area contributed by atoms with E-state index in [0.717, 1.165) is 27.4 Å². The number of hydrogen-bond acceptors (Lipinski definition) is 3. The Bertz CT molecular complexity index is 744. The highest BCUT2D eigenvalue weighted by atomic mass is 32.1. The zero-order chi connectivity index (χ0) is 15.0. The van der Waals surface area contributed by atoms with Gasteiger partial charge in [-0.05, 0) is 19.1 Å². The van der Waals surface area contributed by atoms with Crippen molar-refractivity contribution in [1.29, 1.82) is 0 Å². The number of para-hydroxylation sites is 1. The van der Waals surface area contributed by atoms with Gasteiger partial charge in [-0.1, -0.05) is 12.1 Å². The molecule has 1 atom stereocenters. The Morgan fingerprint density at radius 3 is 2.43 bits per heavy atom. The van der Waals surface area contributed by atoms with Crippen molar-refractivity contribution in [3.05, 3.63) is 58.9 Å². The second-order valence-electron chi connectivity index (χ2n) is 4.64. The van der Waals surface area contributed by atoms with Crippen LogP contribution in [0.15, 0.2) is 36.4 Å². The van der Waals surface area contributed by atoms with Gasteiger partial charge in [-0.3, -0.25) is 0 Å². The Morgan fingerprint density at radius 1 is 1.10 bits per heavy atom. The summed E-state index contributed by atoms with van der Waals surface area (Å²) in [4.78, 5) is 4.47. The number of nitrogens with zero attached hydrogens (tertiary/aromatic N) is 1. The molecule has 0 bridgehead atoms. The van der Waals surface area contributed by atoms with Crippen LogP contribution in [0.4, 0.5) is 18.9 Å². The van der Waals surface area contributed by atoms with Crippen molar-refractivity contribution in [2.75, 3.05) is 5.32 Å². The fraction of sp³-hybridized carbons (Fsp3) is 0.133. The third-order valence-corrected chi connectivity index (χ3v) is 4.27. The molecule has 3 aromatic rings. The first-order chi connectivity index (χ1) is 10.0. The summed E-state index contributed by atoms with van der Waals surface area (Å²) in [6, 6.07) is 9.30. The summed E-state index contributed by atoms with van der Waals surface area (Å²) in [6.07, 6.45) is 0. The highest BCUT2D eigenvalue weighted by Gasteiger charge is 2.15. The predicted octanol–water partition coefficient (Wildman–Crippen LogP) is 4.89. The third kappa shape index (κ3) is 2.71. The minimum absolute atomic E-state index is 0.179. The van der Waals surface area contributed by atoms with Gasteiger partial charge in [0.25, 0.3) is 0 Å². The maximum atomic E-state index is 13.2. The molecule has 1 unspecified atom stereocenters. The maximum absolute atomic E-state index is 13.2. The smallest absolute Gasteiger partial charge is 0.194 e. The molecule has 0 aliphatic heterocycles. The highest BCUT2D eigenvalue weighted by Crippen LogP contribution is 2.29. The number of fused-ring (bicyclic) bond motifs is 1. The van der Waals surface area contributed by atoms with Crippen molar-refractivity contribution in [1.82, 2.24) is 4.98 Å². The van der Waals surface area contributed by atoms with E-state index in [-0.39, 0.29) is 11.7 Å². The van der Waals surface area contributed by atoms with Gasteiger partial charge < -0.3 is 5.32 Å². The first kappa shape index (κ1) is 13.9. The van der Waals surface area contributed by atoms with Gasteiger partial charge in [0.1, 0.15) is 5.01 Å². The Morgan fingerprint density at radius 2 is 1.76 bits per heavy atom. The number of anilines is 1. The van der Waals surface area contributed by atoms with E-state index >= 15 is 0 Å². The summed E-state index contributed by atoms with van der Waals surface area (Å²) in [5, 5.41) is 3.72. The fourth-order valence-corrected chi connectivity index (χ4v) is 3.00. The second kappa shape index (κ2) is 5.37. The number of benzene rings is 2. The SMILES string of the molecule is CC(Nc1cc(F)c(F)c(F)c1)c1nc2ccccc2s1. The largest absolute Gasteiger partial charge is 0.376 e. The van der Waals surface area contributed by atoms with Crippen molar-refractivity contribution in [3.8, 4) is 0 Å². The summed E-state index contributed by atoms with van der Waals surface area (Å²) in [5.41, 5.74) is 1.06. The molecule has 21 heavy (non-hydrogen) atoms. The van der Waals surface area contributed by atoms with Crippen LogP contribution in [0.3, 0.4) is 0 Å². The molecular formula is C15H11F3N2S. The Labute approximate surface area is 123 Å². The molecule has 2 nitrogen and oxygen atoms in total. The summed E-state index contributed by atoms with van der Waals surface area (Å²) in [6.45, 7) is 1.83. The van der Waals surface area contributed by atoms with Crippen LogP contribution in [0.5, 0.6) is 0 Å². The van der Waals surface area contributed by atoms with Crippen LogP contribution in [-0.4, -0.2) is 4.98 Å². The lowest BCUT2D eigenvalue weighted by Crippen LogP contribution is -2.07. The lowest BCUT2D eigenvalue weighted by atomic mass is 10.2. The van der Waals surface area contributed by atoms with Crippen LogP contribution in [0.25, 0.3) is 10.2 Å². The summed E-state index contributed by atoms with van der Waals surface area (Å²) < 4.78 is 40.3. The predicted molar refractivity (Wildman–Crippen MR) is 78.0 cm³/mol. The molecule has 1 heterocycles. The topological polar surface area (TPSA) is 24.9 Å². The van der Waals surface area contributed by atoms with E-state index in [1.54, 1.807) is 0 Å². The zero-order valence-corrected chi connectivity index (χ0v) is 11.8. The van der Waals surface area contributed by atoms with Gasteiger partial charge in [0.05, 0.1) is 16.3 Å². The van der Waals surface area contributed by atoms with E-state index in [0.29, 0.717) is 0 Å². The van der Waals surface area contributed by atoms with E-state index in [2.05, 4.69) is 10.3 Å². The van der Waals surface area contributed by atoms with Gasteiger partial charge >= 0.3 is 0 Å². The molecule has 108 valence electrons. The lowest BCUT2D eigenvalue weighted by Gasteiger charge is -2.13. The van der Waals surface area contributed by atoms with E-state index in [1.165, 1.54) is 11.3 Å². The summed E-state index contributed by atoms with van der Waals surface area (Å²) >= 11 is 1.50. The van der Waals surface area contributed by atoms with Gasteiger partial charge in [-0.2, -0.15) is 0 Å². The average Bonchev–Trinajstić information content (AvgIpc) is 2.88. The van der Waals surface area contributed by atoms with Crippen LogP contribution in [0, 0.1) is 17.5 Å². The van der Waals surface area contributed by atoms with E-state index in [4.69, 9.17) is 0 Å².